The van der Waals surface area contributed by atoms with Crippen molar-refractivity contribution in [2.24, 2.45) is 5.92 Å². The summed E-state index contributed by atoms with van der Waals surface area (Å²) in [5.74, 6) is 1.24. The molecule has 4 heterocycles. The summed E-state index contributed by atoms with van der Waals surface area (Å²) >= 11 is 0. The Labute approximate surface area is 181 Å². The molecule has 3 aromatic rings. The number of aromatic amines is 1. The van der Waals surface area contributed by atoms with E-state index in [9.17, 15) is 8.42 Å². The summed E-state index contributed by atoms with van der Waals surface area (Å²) in [6, 6.07) is 0.0662. The van der Waals surface area contributed by atoms with E-state index in [-0.39, 0.29) is 23.8 Å². The summed E-state index contributed by atoms with van der Waals surface area (Å²) < 4.78 is 33.6. The van der Waals surface area contributed by atoms with Crippen LogP contribution in [0.5, 0.6) is 5.75 Å². The van der Waals surface area contributed by atoms with Crippen molar-refractivity contribution >= 4 is 21.6 Å². The lowest BCUT2D eigenvalue weighted by atomic mass is 9.95. The lowest BCUT2D eigenvalue weighted by Gasteiger charge is -2.36. The third kappa shape index (κ3) is 4.35. The van der Waals surface area contributed by atoms with Crippen molar-refractivity contribution in [1.82, 2.24) is 34.1 Å². The van der Waals surface area contributed by atoms with Crippen LogP contribution in [-0.4, -0.2) is 73.5 Å². The van der Waals surface area contributed by atoms with Crippen LogP contribution in [0.25, 0.3) is 16.9 Å². The average Bonchev–Trinajstić information content (AvgIpc) is 3.39. The first kappa shape index (κ1) is 21.5. The Kier molecular flexibility index (Phi) is 5.84. The third-order valence-electron chi connectivity index (χ3n) is 5.41. The first-order valence-corrected chi connectivity index (χ1v) is 12.0. The average molecular weight is 449 g/mol. The number of aromatic nitrogens is 6. The van der Waals surface area contributed by atoms with Gasteiger partial charge in [0.05, 0.1) is 18.1 Å². The Morgan fingerprint density at radius 1 is 1.39 bits per heavy atom. The topological polar surface area (TPSA) is 130 Å². The third-order valence-corrected chi connectivity index (χ3v) is 7.26. The molecule has 0 bridgehead atoms. The van der Waals surface area contributed by atoms with E-state index in [1.165, 1.54) is 0 Å². The van der Waals surface area contributed by atoms with Crippen LogP contribution in [0.3, 0.4) is 0 Å². The summed E-state index contributed by atoms with van der Waals surface area (Å²) in [6.07, 6.45) is 5.65. The summed E-state index contributed by atoms with van der Waals surface area (Å²) in [7, 11) is -3.18. The zero-order chi connectivity index (χ0) is 22.2. The Balaban J connectivity index is 1.60. The van der Waals surface area contributed by atoms with E-state index >= 15 is 0 Å². The molecule has 3 aromatic heterocycles. The smallest absolute Gasteiger partial charge is 0.243 e. The minimum absolute atomic E-state index is 0.0662. The maximum absolute atomic E-state index is 12.2. The van der Waals surface area contributed by atoms with Crippen molar-refractivity contribution in [3.63, 3.8) is 0 Å². The van der Waals surface area contributed by atoms with Gasteiger partial charge in [0.25, 0.3) is 0 Å². The summed E-state index contributed by atoms with van der Waals surface area (Å²) in [5, 5.41) is 14.7. The largest absolute Gasteiger partial charge is 0.485 e. The monoisotopic (exact) mass is 448 g/mol. The Hall–Kier alpha value is -2.73. The number of anilines is 1. The highest BCUT2D eigenvalue weighted by Crippen LogP contribution is 2.32. The van der Waals surface area contributed by atoms with Gasteiger partial charge < -0.3 is 10.1 Å². The molecule has 0 aliphatic carbocycles. The van der Waals surface area contributed by atoms with Gasteiger partial charge in [0, 0.05) is 30.9 Å². The zero-order valence-corrected chi connectivity index (χ0v) is 18.9. The fourth-order valence-electron chi connectivity index (χ4n) is 3.75. The predicted molar refractivity (Wildman–Crippen MR) is 116 cm³/mol. The van der Waals surface area contributed by atoms with Crippen LogP contribution in [0.1, 0.15) is 34.1 Å². The van der Waals surface area contributed by atoms with Gasteiger partial charge in [0.2, 0.25) is 21.6 Å². The van der Waals surface area contributed by atoms with Crippen LogP contribution in [0, 0.1) is 5.92 Å². The van der Waals surface area contributed by atoms with E-state index in [0.29, 0.717) is 42.5 Å². The Morgan fingerprint density at radius 3 is 2.84 bits per heavy atom. The lowest BCUT2D eigenvalue weighted by molar-refractivity contribution is 0.244. The number of H-pyrrole nitrogens is 1. The van der Waals surface area contributed by atoms with Crippen molar-refractivity contribution < 1.29 is 13.2 Å². The maximum atomic E-state index is 12.2. The van der Waals surface area contributed by atoms with Gasteiger partial charge in [-0.2, -0.15) is 14.6 Å². The number of sulfonamides is 1. The molecule has 0 aromatic carbocycles. The van der Waals surface area contributed by atoms with Crippen LogP contribution in [0.4, 0.5) is 5.95 Å². The SMILES string of the molecule is CCS(=O)(=O)N1CC[C@H](Nc2nc3c(OC(C)C)c(-c4cn[nH]c4)ncn3n2)[C@H](C)C1. The number of ether oxygens (including phenoxy) is 1. The molecule has 0 unspecified atom stereocenters. The summed E-state index contributed by atoms with van der Waals surface area (Å²) in [6.45, 7) is 8.56. The van der Waals surface area contributed by atoms with Crippen LogP contribution >= 0.6 is 0 Å². The molecule has 0 radical (unpaired) electrons. The minimum Gasteiger partial charge on any atom is -0.485 e. The quantitative estimate of drug-likeness (QED) is 0.559. The van der Waals surface area contributed by atoms with Crippen LogP contribution in [0.2, 0.25) is 0 Å². The van der Waals surface area contributed by atoms with E-state index < -0.39 is 10.0 Å². The number of hydrogen-bond donors (Lipinski definition) is 2. The molecule has 1 aliphatic rings. The van der Waals surface area contributed by atoms with Crippen molar-refractivity contribution in [2.45, 2.75) is 46.3 Å². The van der Waals surface area contributed by atoms with Crippen molar-refractivity contribution in [2.75, 3.05) is 24.2 Å². The molecule has 0 saturated carbocycles. The Morgan fingerprint density at radius 2 is 2.19 bits per heavy atom. The first-order chi connectivity index (χ1) is 14.8. The number of nitrogens with one attached hydrogen (secondary N) is 2. The van der Waals surface area contributed by atoms with Gasteiger partial charge in [-0.15, -0.1) is 5.10 Å². The molecule has 12 heteroatoms. The maximum Gasteiger partial charge on any atom is 0.243 e. The van der Waals surface area contributed by atoms with Gasteiger partial charge in [-0.3, -0.25) is 5.10 Å². The van der Waals surface area contributed by atoms with Gasteiger partial charge in [-0.05, 0) is 33.1 Å². The fraction of sp³-hybridized carbons (Fsp3) is 0.579. The fourth-order valence-corrected chi connectivity index (χ4v) is 4.96. The van der Waals surface area contributed by atoms with Crippen molar-refractivity contribution in [1.29, 1.82) is 0 Å². The van der Waals surface area contributed by atoms with E-state index in [0.717, 1.165) is 5.56 Å². The Bertz CT molecular complexity index is 1140. The molecule has 1 saturated heterocycles. The second-order valence-corrected chi connectivity index (χ2v) is 10.3. The first-order valence-electron chi connectivity index (χ1n) is 10.4. The normalized spacial score (nSPS) is 20.4. The molecule has 168 valence electrons. The number of fused-ring (bicyclic) bond motifs is 1. The van der Waals surface area contributed by atoms with Gasteiger partial charge >= 0.3 is 0 Å². The molecule has 2 atom stereocenters. The van der Waals surface area contributed by atoms with E-state index in [2.05, 4.69) is 30.6 Å². The summed E-state index contributed by atoms with van der Waals surface area (Å²) in [5.41, 5.74) is 2.00. The molecule has 0 spiro atoms. The number of nitrogens with zero attached hydrogens (tertiary/aromatic N) is 6. The molecule has 31 heavy (non-hydrogen) atoms. The standard InChI is InChI=1S/C19H28N8O3S/c1-5-31(28,29)26-7-6-15(13(4)10-26)23-19-24-18-17(30-12(2)3)16(14-8-21-22-9-14)20-11-27(18)25-19/h8-9,11-13,15H,5-7,10H2,1-4H3,(H,21,22)(H,23,25)/t13-,15+/m1/s1. The predicted octanol–water partition coefficient (Wildman–Crippen LogP) is 1.77. The molecule has 4 rings (SSSR count). The van der Waals surface area contributed by atoms with E-state index in [1.807, 2.05) is 20.8 Å². The van der Waals surface area contributed by atoms with Gasteiger partial charge in [0.1, 0.15) is 12.0 Å². The minimum atomic E-state index is -3.18. The van der Waals surface area contributed by atoms with Gasteiger partial charge in [-0.1, -0.05) is 6.92 Å². The van der Waals surface area contributed by atoms with Crippen LogP contribution in [0.15, 0.2) is 18.7 Å². The molecule has 11 nitrogen and oxygen atoms in total. The molecule has 2 N–H and O–H groups in total. The van der Waals surface area contributed by atoms with E-state index in [4.69, 9.17) is 4.74 Å². The van der Waals surface area contributed by atoms with Crippen molar-refractivity contribution in [3.05, 3.63) is 18.7 Å². The highest BCUT2D eigenvalue weighted by molar-refractivity contribution is 7.89. The second kappa shape index (κ2) is 8.42. The highest BCUT2D eigenvalue weighted by atomic mass is 32.2. The zero-order valence-electron chi connectivity index (χ0n) is 18.1. The molecular formula is C19H28N8O3S. The van der Waals surface area contributed by atoms with E-state index in [1.54, 1.807) is 34.5 Å². The van der Waals surface area contributed by atoms with Crippen molar-refractivity contribution in [3.8, 4) is 17.0 Å². The molecule has 1 aliphatic heterocycles. The molecule has 1 fully saturated rings. The van der Waals surface area contributed by atoms with Crippen LogP contribution in [-0.2, 0) is 10.0 Å². The molecular weight excluding hydrogens is 420 g/mol. The highest BCUT2D eigenvalue weighted by Gasteiger charge is 2.32. The summed E-state index contributed by atoms with van der Waals surface area (Å²) in [4.78, 5) is 9.16. The number of rotatable bonds is 7. The second-order valence-electron chi connectivity index (χ2n) is 8.05. The van der Waals surface area contributed by atoms with Gasteiger partial charge in [-0.25, -0.2) is 17.7 Å². The number of hydrogen-bond acceptors (Lipinski definition) is 8. The number of piperidine rings is 1. The molecule has 0 amide bonds. The lowest BCUT2D eigenvalue weighted by Crippen LogP contribution is -2.48. The van der Waals surface area contributed by atoms with Crippen LogP contribution < -0.4 is 10.1 Å². The van der Waals surface area contributed by atoms with Gasteiger partial charge in [0.15, 0.2) is 5.75 Å².